The van der Waals surface area contributed by atoms with E-state index in [0.29, 0.717) is 11.0 Å². The molecule has 112 valence electrons. The van der Waals surface area contributed by atoms with Crippen LogP contribution in [0.3, 0.4) is 0 Å². The number of nitrogens with one attached hydrogen (secondary N) is 1. The summed E-state index contributed by atoms with van der Waals surface area (Å²) in [5.74, 6) is 6.91. The first kappa shape index (κ1) is 15.7. The summed E-state index contributed by atoms with van der Waals surface area (Å²) in [6.07, 6.45) is 0.745. The summed E-state index contributed by atoms with van der Waals surface area (Å²) in [5.41, 5.74) is 6.63. The second-order valence-corrected chi connectivity index (χ2v) is 5.78. The van der Waals surface area contributed by atoms with Gasteiger partial charge in [0.1, 0.15) is 16.7 Å². The Kier molecular flexibility index (Phi) is 4.74. The van der Waals surface area contributed by atoms with Gasteiger partial charge in [0.25, 0.3) is 0 Å². The number of anilines is 1. The van der Waals surface area contributed by atoms with Gasteiger partial charge < -0.3 is 5.43 Å². The Labute approximate surface area is 129 Å². The Bertz CT molecular complexity index is 648. The fourth-order valence-electron chi connectivity index (χ4n) is 1.81. The number of hydrogen-bond donors (Lipinski definition) is 2. The van der Waals surface area contributed by atoms with Crippen molar-refractivity contribution >= 4 is 17.6 Å². The fraction of sp³-hybridized carbons (Fsp3) is 0.429. The number of nitrogens with zero attached hydrogens (tertiary/aromatic N) is 4. The number of hydrogen-bond acceptors (Lipinski definition) is 7. The van der Waals surface area contributed by atoms with E-state index in [-0.39, 0.29) is 0 Å². The lowest BCUT2D eigenvalue weighted by Crippen LogP contribution is -2.13. The summed E-state index contributed by atoms with van der Waals surface area (Å²) in [6, 6.07) is 0. The molecule has 0 saturated carbocycles. The van der Waals surface area contributed by atoms with E-state index in [1.807, 2.05) is 34.6 Å². The Balaban J connectivity index is 2.43. The quantitative estimate of drug-likeness (QED) is 0.388. The largest absolute Gasteiger partial charge is 0.308 e. The molecule has 0 aliphatic heterocycles. The van der Waals surface area contributed by atoms with Gasteiger partial charge in [-0.15, -0.1) is 0 Å². The SMILES string of the molecule is CCc1nc(NN)c(C)c(Sc2nc(C)c(C)c(C)n2)n1. The average molecular weight is 304 g/mol. The molecule has 0 aromatic carbocycles. The van der Waals surface area contributed by atoms with E-state index in [2.05, 4.69) is 25.4 Å². The van der Waals surface area contributed by atoms with Crippen molar-refractivity contribution in [2.45, 2.75) is 51.2 Å². The highest BCUT2D eigenvalue weighted by molar-refractivity contribution is 7.99. The molecule has 6 nitrogen and oxygen atoms in total. The van der Waals surface area contributed by atoms with E-state index in [4.69, 9.17) is 5.84 Å². The molecule has 2 aromatic heterocycles. The molecular weight excluding hydrogens is 284 g/mol. The van der Waals surface area contributed by atoms with Crippen LogP contribution >= 0.6 is 11.8 Å². The van der Waals surface area contributed by atoms with Gasteiger partial charge in [-0.1, -0.05) is 6.92 Å². The first-order valence-electron chi connectivity index (χ1n) is 6.80. The minimum Gasteiger partial charge on any atom is -0.308 e. The lowest BCUT2D eigenvalue weighted by atomic mass is 10.2. The predicted molar refractivity (Wildman–Crippen MR) is 84.3 cm³/mol. The molecule has 0 aliphatic carbocycles. The van der Waals surface area contributed by atoms with E-state index in [1.165, 1.54) is 11.8 Å². The van der Waals surface area contributed by atoms with Crippen molar-refractivity contribution in [2.75, 3.05) is 5.43 Å². The van der Waals surface area contributed by atoms with Crippen LogP contribution in [0.25, 0.3) is 0 Å². The number of aryl methyl sites for hydroxylation is 3. The van der Waals surface area contributed by atoms with Crippen LogP contribution in [0.4, 0.5) is 5.82 Å². The van der Waals surface area contributed by atoms with Crippen molar-refractivity contribution in [1.82, 2.24) is 19.9 Å². The van der Waals surface area contributed by atoms with Crippen LogP contribution in [0.1, 0.15) is 35.3 Å². The number of rotatable bonds is 4. The monoisotopic (exact) mass is 304 g/mol. The molecule has 0 fully saturated rings. The lowest BCUT2D eigenvalue weighted by molar-refractivity contribution is 0.853. The van der Waals surface area contributed by atoms with Crippen LogP contribution in [0, 0.1) is 27.7 Å². The van der Waals surface area contributed by atoms with Gasteiger partial charge in [0.2, 0.25) is 0 Å². The summed E-state index contributed by atoms with van der Waals surface area (Å²) < 4.78 is 0. The Hall–Kier alpha value is -1.73. The van der Waals surface area contributed by atoms with Crippen LogP contribution in [0.5, 0.6) is 0 Å². The molecule has 0 amide bonds. The van der Waals surface area contributed by atoms with Crippen molar-refractivity contribution < 1.29 is 0 Å². The van der Waals surface area contributed by atoms with Crippen molar-refractivity contribution in [3.05, 3.63) is 28.3 Å². The third kappa shape index (κ3) is 3.30. The highest BCUT2D eigenvalue weighted by Gasteiger charge is 2.13. The molecule has 0 spiro atoms. The Morgan fingerprint density at radius 2 is 1.57 bits per heavy atom. The van der Waals surface area contributed by atoms with Gasteiger partial charge in [-0.2, -0.15) is 0 Å². The summed E-state index contributed by atoms with van der Waals surface area (Å²) in [4.78, 5) is 18.0. The molecule has 2 heterocycles. The average Bonchev–Trinajstić information content (AvgIpc) is 2.46. The van der Waals surface area contributed by atoms with Crippen LogP contribution in [-0.2, 0) is 6.42 Å². The van der Waals surface area contributed by atoms with Crippen LogP contribution < -0.4 is 11.3 Å². The number of nitrogen functional groups attached to an aromatic ring is 1. The molecule has 0 bridgehead atoms. The highest BCUT2D eigenvalue weighted by Crippen LogP contribution is 2.29. The normalized spacial score (nSPS) is 10.8. The molecule has 2 aromatic rings. The second kappa shape index (κ2) is 6.36. The van der Waals surface area contributed by atoms with Gasteiger partial charge in [0, 0.05) is 23.4 Å². The zero-order chi connectivity index (χ0) is 15.6. The lowest BCUT2D eigenvalue weighted by Gasteiger charge is -2.11. The topological polar surface area (TPSA) is 89.6 Å². The van der Waals surface area contributed by atoms with Gasteiger partial charge in [-0.05, 0) is 45.0 Å². The summed E-state index contributed by atoms with van der Waals surface area (Å²) in [7, 11) is 0. The van der Waals surface area contributed by atoms with E-state index in [0.717, 1.165) is 39.8 Å². The smallest absolute Gasteiger partial charge is 0.194 e. The molecule has 0 aliphatic rings. The molecule has 0 unspecified atom stereocenters. The van der Waals surface area contributed by atoms with Crippen LogP contribution in [0.2, 0.25) is 0 Å². The molecule has 7 heteroatoms. The Morgan fingerprint density at radius 1 is 0.952 bits per heavy atom. The number of nitrogens with two attached hydrogens (primary N) is 1. The van der Waals surface area contributed by atoms with Gasteiger partial charge in [0.05, 0.1) is 0 Å². The van der Waals surface area contributed by atoms with Crippen LogP contribution in [0.15, 0.2) is 10.2 Å². The van der Waals surface area contributed by atoms with Gasteiger partial charge in [-0.25, -0.2) is 25.8 Å². The molecule has 2 rings (SSSR count). The van der Waals surface area contributed by atoms with Crippen molar-refractivity contribution in [2.24, 2.45) is 5.84 Å². The Morgan fingerprint density at radius 3 is 2.10 bits per heavy atom. The number of aromatic nitrogens is 4. The van der Waals surface area contributed by atoms with E-state index in [1.54, 1.807) is 0 Å². The predicted octanol–water partition coefficient (Wildman–Crippen LogP) is 2.50. The highest BCUT2D eigenvalue weighted by atomic mass is 32.2. The van der Waals surface area contributed by atoms with Crippen molar-refractivity contribution in [1.29, 1.82) is 0 Å². The third-order valence-electron chi connectivity index (χ3n) is 3.40. The molecular formula is C14H20N6S. The molecule has 21 heavy (non-hydrogen) atoms. The maximum atomic E-state index is 5.52. The maximum absolute atomic E-state index is 5.52. The van der Waals surface area contributed by atoms with Gasteiger partial charge in [0.15, 0.2) is 5.16 Å². The van der Waals surface area contributed by atoms with E-state index in [9.17, 15) is 0 Å². The fourth-order valence-corrected chi connectivity index (χ4v) is 2.75. The second-order valence-electron chi connectivity index (χ2n) is 4.82. The molecule has 0 saturated heterocycles. The molecule has 0 atom stereocenters. The van der Waals surface area contributed by atoms with E-state index < -0.39 is 0 Å². The zero-order valence-electron chi connectivity index (χ0n) is 13.0. The van der Waals surface area contributed by atoms with Gasteiger partial charge >= 0.3 is 0 Å². The minimum atomic E-state index is 0.643. The minimum absolute atomic E-state index is 0.643. The van der Waals surface area contributed by atoms with Crippen molar-refractivity contribution in [3.8, 4) is 0 Å². The first-order chi connectivity index (χ1) is 9.96. The van der Waals surface area contributed by atoms with Crippen molar-refractivity contribution in [3.63, 3.8) is 0 Å². The van der Waals surface area contributed by atoms with E-state index >= 15 is 0 Å². The maximum Gasteiger partial charge on any atom is 0.194 e. The molecule has 3 N–H and O–H groups in total. The standard InChI is InChI=1S/C14H20N6S/c1-6-11-18-12(20-15)8(3)13(19-11)21-14-16-9(4)7(2)10(5)17-14/h6,15H2,1-5H3,(H,18,19,20). The molecule has 0 radical (unpaired) electrons. The summed E-state index contributed by atoms with van der Waals surface area (Å²) in [6.45, 7) is 9.96. The first-order valence-corrected chi connectivity index (χ1v) is 7.61. The van der Waals surface area contributed by atoms with Gasteiger partial charge in [-0.3, -0.25) is 0 Å². The summed E-state index contributed by atoms with van der Waals surface area (Å²) in [5, 5.41) is 1.53. The van der Waals surface area contributed by atoms with Crippen LogP contribution in [-0.4, -0.2) is 19.9 Å². The zero-order valence-corrected chi connectivity index (χ0v) is 13.8. The summed E-state index contributed by atoms with van der Waals surface area (Å²) >= 11 is 1.44. The number of hydrazine groups is 1. The third-order valence-corrected chi connectivity index (χ3v) is 4.36.